The molecule has 8 heteroatoms. The largest absolute Gasteiger partial charge is 0.429 e. The molecule has 0 aliphatic heterocycles. The number of carbonyl (C=O) groups is 1. The molecule has 6 nitrogen and oxygen atoms in total. The molecule has 1 N–H and O–H groups in total. The Balaban J connectivity index is 1.90. The fraction of sp³-hybridized carbons (Fsp3) is 0.500. The molecular weight excluding hydrogens is 348 g/mol. The van der Waals surface area contributed by atoms with Crippen molar-refractivity contribution in [2.75, 3.05) is 13.3 Å². The molecule has 2 aromatic rings. The summed E-state index contributed by atoms with van der Waals surface area (Å²) in [7, 11) is -1.52. The lowest BCUT2D eigenvalue weighted by Gasteiger charge is -2.37. The van der Waals surface area contributed by atoms with Gasteiger partial charge in [0.15, 0.2) is 15.4 Å². The van der Waals surface area contributed by atoms with Crippen LogP contribution in [0.4, 0.5) is 0 Å². The van der Waals surface area contributed by atoms with Gasteiger partial charge in [0.05, 0.1) is 10.8 Å². The maximum atomic E-state index is 12.8. The van der Waals surface area contributed by atoms with Crippen LogP contribution in [0.5, 0.6) is 0 Å². The van der Waals surface area contributed by atoms with E-state index in [0.717, 1.165) is 18.4 Å². The van der Waals surface area contributed by atoms with Crippen molar-refractivity contribution in [3.63, 3.8) is 0 Å². The van der Waals surface area contributed by atoms with Crippen LogP contribution in [-0.2, 0) is 9.84 Å². The standard InChI is InChI=1S/C16H20N2O4S2/c1-18(12-5-3-4-6-14(12)24(2,20)21)15(19)10-7-8-11-13(9-10)22-16(23)17-11/h7-9,12,14H,3-6H2,1-2H3,(H,17,23)/t12-,14+/m1/s1. The van der Waals surface area contributed by atoms with Crippen molar-refractivity contribution < 1.29 is 17.6 Å². The monoisotopic (exact) mass is 368 g/mol. The molecule has 0 unspecified atom stereocenters. The summed E-state index contributed by atoms with van der Waals surface area (Å²) in [5, 5.41) is -0.500. The second-order valence-electron chi connectivity index (χ2n) is 6.36. The lowest BCUT2D eigenvalue weighted by molar-refractivity contribution is 0.0700. The number of H-pyrrole nitrogens is 1. The number of fused-ring (bicyclic) bond motifs is 1. The van der Waals surface area contributed by atoms with Gasteiger partial charge in [-0.1, -0.05) is 12.8 Å². The molecule has 1 heterocycles. The van der Waals surface area contributed by atoms with E-state index < -0.39 is 15.1 Å². The summed E-state index contributed by atoms with van der Waals surface area (Å²) < 4.78 is 29.5. The number of hydrogen-bond acceptors (Lipinski definition) is 5. The first-order valence-corrected chi connectivity index (χ1v) is 10.2. The average Bonchev–Trinajstić information content (AvgIpc) is 2.91. The molecule has 1 fully saturated rings. The summed E-state index contributed by atoms with van der Waals surface area (Å²) in [5.74, 6) is -0.209. The van der Waals surface area contributed by atoms with Crippen LogP contribution >= 0.6 is 12.2 Å². The quantitative estimate of drug-likeness (QED) is 0.842. The molecule has 0 spiro atoms. The van der Waals surface area contributed by atoms with Crippen LogP contribution in [0, 0.1) is 4.84 Å². The minimum atomic E-state index is -3.20. The van der Waals surface area contributed by atoms with Crippen LogP contribution in [-0.4, -0.2) is 48.8 Å². The highest BCUT2D eigenvalue weighted by Crippen LogP contribution is 2.28. The van der Waals surface area contributed by atoms with Crippen molar-refractivity contribution in [1.82, 2.24) is 9.88 Å². The molecule has 2 atom stereocenters. The maximum Gasteiger partial charge on any atom is 0.266 e. The molecule has 0 bridgehead atoms. The number of nitrogens with one attached hydrogen (secondary N) is 1. The molecule has 1 aromatic carbocycles. The van der Waals surface area contributed by atoms with E-state index in [9.17, 15) is 13.2 Å². The minimum Gasteiger partial charge on any atom is -0.429 e. The van der Waals surface area contributed by atoms with Gasteiger partial charge in [0.1, 0.15) is 0 Å². The summed E-state index contributed by atoms with van der Waals surface area (Å²) in [6.45, 7) is 0. The van der Waals surface area contributed by atoms with E-state index in [0.29, 0.717) is 24.0 Å². The van der Waals surface area contributed by atoms with Gasteiger partial charge in [-0.15, -0.1) is 0 Å². The van der Waals surface area contributed by atoms with E-state index in [2.05, 4.69) is 4.98 Å². The molecule has 1 saturated carbocycles. The van der Waals surface area contributed by atoms with E-state index in [1.165, 1.54) is 6.26 Å². The van der Waals surface area contributed by atoms with Gasteiger partial charge in [0.25, 0.3) is 10.7 Å². The Morgan fingerprint density at radius 2 is 2.04 bits per heavy atom. The lowest BCUT2D eigenvalue weighted by atomic mass is 9.93. The molecule has 0 radical (unpaired) electrons. The van der Waals surface area contributed by atoms with Crippen molar-refractivity contribution in [2.45, 2.75) is 37.0 Å². The summed E-state index contributed by atoms with van der Waals surface area (Å²) in [6.07, 6.45) is 4.37. The summed E-state index contributed by atoms with van der Waals surface area (Å²) in [5.41, 5.74) is 1.70. The molecule has 1 aliphatic rings. The smallest absolute Gasteiger partial charge is 0.266 e. The van der Waals surface area contributed by atoms with Crippen molar-refractivity contribution in [3.05, 3.63) is 28.6 Å². The fourth-order valence-electron chi connectivity index (χ4n) is 3.45. The van der Waals surface area contributed by atoms with Gasteiger partial charge < -0.3 is 14.3 Å². The van der Waals surface area contributed by atoms with E-state index in [-0.39, 0.29) is 16.8 Å². The predicted octanol–water partition coefficient (Wildman–Crippen LogP) is 2.92. The number of nitrogens with zero attached hydrogens (tertiary/aromatic N) is 1. The maximum absolute atomic E-state index is 12.8. The third-order valence-corrected chi connectivity index (χ3v) is 6.54. The number of benzene rings is 1. The van der Waals surface area contributed by atoms with Gasteiger partial charge in [-0.3, -0.25) is 4.79 Å². The van der Waals surface area contributed by atoms with Crippen LogP contribution in [0.3, 0.4) is 0 Å². The third kappa shape index (κ3) is 3.25. The molecule has 3 rings (SSSR count). The molecule has 1 aromatic heterocycles. The van der Waals surface area contributed by atoms with Crippen LogP contribution in [0.1, 0.15) is 36.0 Å². The number of aromatic amines is 1. The first-order valence-electron chi connectivity index (χ1n) is 7.86. The number of aromatic nitrogens is 1. The van der Waals surface area contributed by atoms with Gasteiger partial charge in [-0.2, -0.15) is 0 Å². The molecule has 0 saturated heterocycles. The zero-order chi connectivity index (χ0) is 17.5. The molecule has 1 aliphatic carbocycles. The fourth-order valence-corrected chi connectivity index (χ4v) is 5.14. The van der Waals surface area contributed by atoms with Crippen molar-refractivity contribution in [2.24, 2.45) is 0 Å². The highest BCUT2D eigenvalue weighted by atomic mass is 32.2. The van der Waals surface area contributed by atoms with E-state index >= 15 is 0 Å². The first kappa shape index (κ1) is 17.2. The molecule has 24 heavy (non-hydrogen) atoms. The summed E-state index contributed by atoms with van der Waals surface area (Å²) in [4.78, 5) is 17.5. The number of hydrogen-bond donors (Lipinski definition) is 1. The number of carbonyl (C=O) groups excluding carboxylic acids is 1. The van der Waals surface area contributed by atoms with Gasteiger partial charge in [-0.25, -0.2) is 8.42 Å². The number of amides is 1. The SMILES string of the molecule is CN(C(=O)c1ccc2[nH]c(=S)oc2c1)[C@@H]1CCCC[C@@H]1S(C)(=O)=O. The Labute approximate surface area is 145 Å². The van der Waals surface area contributed by atoms with Crippen molar-refractivity contribution >= 4 is 39.1 Å². The number of rotatable bonds is 3. The summed E-state index contributed by atoms with van der Waals surface area (Å²) >= 11 is 4.95. The predicted molar refractivity (Wildman–Crippen MR) is 94.4 cm³/mol. The van der Waals surface area contributed by atoms with Gasteiger partial charge in [0, 0.05) is 24.9 Å². The average molecular weight is 368 g/mol. The van der Waals surface area contributed by atoms with Gasteiger partial charge >= 0.3 is 0 Å². The summed E-state index contributed by atoms with van der Waals surface area (Å²) in [6, 6.07) is 4.78. The lowest BCUT2D eigenvalue weighted by Crippen LogP contribution is -2.49. The van der Waals surface area contributed by atoms with Crippen LogP contribution < -0.4 is 0 Å². The number of oxazole rings is 1. The van der Waals surface area contributed by atoms with Crippen LogP contribution in [0.2, 0.25) is 0 Å². The number of sulfone groups is 1. The van der Waals surface area contributed by atoms with Gasteiger partial charge in [-0.05, 0) is 43.3 Å². The van der Waals surface area contributed by atoms with E-state index in [4.69, 9.17) is 16.6 Å². The minimum absolute atomic E-state index is 0.209. The Kier molecular flexibility index (Phi) is 4.52. The Morgan fingerprint density at radius 1 is 1.33 bits per heavy atom. The second-order valence-corrected chi connectivity index (χ2v) is 9.00. The normalized spacial score (nSPS) is 21.8. The van der Waals surface area contributed by atoms with Crippen LogP contribution in [0.15, 0.2) is 22.6 Å². The molecule has 1 amide bonds. The van der Waals surface area contributed by atoms with Gasteiger partial charge in [0.2, 0.25) is 0 Å². The zero-order valence-corrected chi connectivity index (χ0v) is 15.2. The van der Waals surface area contributed by atoms with Crippen LogP contribution in [0.25, 0.3) is 11.1 Å². The highest BCUT2D eigenvalue weighted by molar-refractivity contribution is 7.91. The highest BCUT2D eigenvalue weighted by Gasteiger charge is 2.37. The topological polar surface area (TPSA) is 83.4 Å². The van der Waals surface area contributed by atoms with Crippen molar-refractivity contribution in [1.29, 1.82) is 0 Å². The van der Waals surface area contributed by atoms with Crippen molar-refractivity contribution in [3.8, 4) is 0 Å². The van der Waals surface area contributed by atoms with E-state index in [1.807, 2.05) is 0 Å². The van der Waals surface area contributed by atoms with E-state index in [1.54, 1.807) is 30.1 Å². The molecule has 130 valence electrons. The zero-order valence-electron chi connectivity index (χ0n) is 13.6. The Morgan fingerprint density at radius 3 is 2.75 bits per heavy atom. The first-order chi connectivity index (χ1) is 11.3. The third-order valence-electron chi connectivity index (χ3n) is 4.70. The molecular formula is C16H20N2O4S2. The second kappa shape index (κ2) is 6.33. The Hall–Kier alpha value is -1.67. The Bertz CT molecular complexity index is 929.